The summed E-state index contributed by atoms with van der Waals surface area (Å²) in [6.07, 6.45) is 2.14. The van der Waals surface area contributed by atoms with Crippen LogP contribution in [-0.2, 0) is 7.05 Å². The Morgan fingerprint density at radius 2 is 1.89 bits per heavy atom. The lowest BCUT2D eigenvalue weighted by molar-refractivity contribution is 0.0668. The van der Waals surface area contributed by atoms with E-state index in [-0.39, 0.29) is 11.8 Å². The number of aromatic nitrogens is 3. The van der Waals surface area contributed by atoms with Crippen LogP contribution in [0, 0.1) is 12.8 Å². The van der Waals surface area contributed by atoms with E-state index in [0.29, 0.717) is 12.0 Å². The molecule has 1 saturated heterocycles. The molecular formula is C22H35N5O. The van der Waals surface area contributed by atoms with Crippen molar-refractivity contribution in [2.45, 2.75) is 59.4 Å². The van der Waals surface area contributed by atoms with Crippen molar-refractivity contribution in [3.63, 3.8) is 0 Å². The van der Waals surface area contributed by atoms with E-state index in [2.05, 4.69) is 44.7 Å². The van der Waals surface area contributed by atoms with Gasteiger partial charge in [0.15, 0.2) is 5.65 Å². The Bertz CT molecular complexity index is 846. The van der Waals surface area contributed by atoms with E-state index in [1.807, 2.05) is 24.9 Å². The highest BCUT2D eigenvalue weighted by atomic mass is 16.2. The third-order valence-electron chi connectivity index (χ3n) is 6.14. The molecule has 1 fully saturated rings. The molecule has 0 aliphatic carbocycles. The number of carbonyl (C=O) groups is 1. The number of piperidine rings is 1. The Kier molecular flexibility index (Phi) is 6.08. The van der Waals surface area contributed by atoms with E-state index in [4.69, 9.17) is 4.98 Å². The van der Waals surface area contributed by atoms with Crippen molar-refractivity contribution in [1.29, 1.82) is 0 Å². The van der Waals surface area contributed by atoms with E-state index in [1.54, 1.807) is 4.68 Å². The Hall–Kier alpha value is -1.95. The van der Waals surface area contributed by atoms with Gasteiger partial charge >= 0.3 is 0 Å². The second-order valence-electron chi connectivity index (χ2n) is 8.93. The summed E-state index contributed by atoms with van der Waals surface area (Å²) in [4.78, 5) is 22.6. The fourth-order valence-corrected chi connectivity index (χ4v) is 4.04. The first-order chi connectivity index (χ1) is 13.2. The van der Waals surface area contributed by atoms with E-state index in [1.165, 1.54) is 0 Å². The van der Waals surface area contributed by atoms with E-state index in [0.717, 1.165) is 60.5 Å². The van der Waals surface area contributed by atoms with Gasteiger partial charge in [0, 0.05) is 38.4 Å². The molecule has 1 aliphatic heterocycles. The van der Waals surface area contributed by atoms with Gasteiger partial charge in [-0.05, 0) is 58.6 Å². The molecule has 0 aromatic carbocycles. The average Bonchev–Trinajstić information content (AvgIpc) is 2.95. The fraction of sp³-hybridized carbons (Fsp3) is 0.682. The Balaban J connectivity index is 1.82. The first-order valence-electron chi connectivity index (χ1n) is 10.5. The predicted molar refractivity (Wildman–Crippen MR) is 114 cm³/mol. The molecule has 0 saturated carbocycles. The van der Waals surface area contributed by atoms with Gasteiger partial charge in [-0.3, -0.25) is 9.48 Å². The van der Waals surface area contributed by atoms with E-state index >= 15 is 0 Å². The zero-order chi connectivity index (χ0) is 20.6. The number of pyridine rings is 1. The number of aryl methyl sites for hydroxylation is 2. The SMILES string of the molecule is Cc1nn(C)c2nc(C(C)C)cc(C(=O)N3CCC(CN(C)C(C)C)CC3)c12. The number of amides is 1. The van der Waals surface area contributed by atoms with Gasteiger partial charge in [-0.15, -0.1) is 0 Å². The molecule has 6 nitrogen and oxygen atoms in total. The zero-order valence-corrected chi connectivity index (χ0v) is 18.5. The summed E-state index contributed by atoms with van der Waals surface area (Å²) in [5, 5.41) is 5.42. The second-order valence-corrected chi connectivity index (χ2v) is 8.93. The quantitative estimate of drug-likeness (QED) is 0.789. The maximum absolute atomic E-state index is 13.4. The van der Waals surface area contributed by atoms with Crippen LogP contribution in [0.25, 0.3) is 11.0 Å². The lowest BCUT2D eigenvalue weighted by Crippen LogP contribution is -2.42. The highest BCUT2D eigenvalue weighted by molar-refractivity contribution is 6.06. The van der Waals surface area contributed by atoms with Crippen molar-refractivity contribution in [2.24, 2.45) is 13.0 Å². The maximum atomic E-state index is 13.4. The fourth-order valence-electron chi connectivity index (χ4n) is 4.04. The molecule has 154 valence electrons. The van der Waals surface area contributed by atoms with E-state index in [9.17, 15) is 4.79 Å². The van der Waals surface area contributed by atoms with Gasteiger partial charge in [0.05, 0.1) is 16.6 Å². The van der Waals surface area contributed by atoms with Crippen LogP contribution in [0.2, 0.25) is 0 Å². The minimum Gasteiger partial charge on any atom is -0.339 e. The standard InChI is InChI=1S/C22H35N5O/c1-14(2)19-12-18(20-16(5)24-26(7)21(20)23-19)22(28)27-10-8-17(9-11-27)13-25(6)15(3)4/h12,14-15,17H,8-11,13H2,1-7H3. The molecule has 2 aromatic rings. The molecule has 1 aliphatic rings. The molecular weight excluding hydrogens is 350 g/mol. The third-order valence-corrected chi connectivity index (χ3v) is 6.14. The highest BCUT2D eigenvalue weighted by Gasteiger charge is 2.28. The van der Waals surface area contributed by atoms with Gasteiger partial charge in [0.25, 0.3) is 5.91 Å². The van der Waals surface area contributed by atoms with Crippen LogP contribution in [0.1, 0.15) is 68.2 Å². The van der Waals surface area contributed by atoms with Crippen molar-refractivity contribution in [1.82, 2.24) is 24.6 Å². The van der Waals surface area contributed by atoms with Crippen LogP contribution in [0.5, 0.6) is 0 Å². The highest BCUT2D eigenvalue weighted by Crippen LogP contribution is 2.28. The lowest BCUT2D eigenvalue weighted by atomic mass is 9.95. The summed E-state index contributed by atoms with van der Waals surface area (Å²) in [6, 6.07) is 2.55. The molecule has 28 heavy (non-hydrogen) atoms. The molecule has 3 rings (SSSR count). The van der Waals surface area contributed by atoms with Crippen molar-refractivity contribution in [2.75, 3.05) is 26.7 Å². The van der Waals surface area contributed by atoms with Gasteiger partial charge in [0.1, 0.15) is 0 Å². The Labute approximate surface area is 168 Å². The molecule has 0 unspecified atom stereocenters. The number of nitrogens with zero attached hydrogens (tertiary/aromatic N) is 5. The Morgan fingerprint density at radius 1 is 1.25 bits per heavy atom. The summed E-state index contributed by atoms with van der Waals surface area (Å²) >= 11 is 0. The molecule has 0 atom stereocenters. The van der Waals surface area contributed by atoms with Crippen LogP contribution in [0.4, 0.5) is 0 Å². The first kappa shape index (κ1) is 20.8. The molecule has 6 heteroatoms. The topological polar surface area (TPSA) is 54.3 Å². The summed E-state index contributed by atoms with van der Waals surface area (Å²) in [5.74, 6) is 1.06. The average molecular weight is 386 g/mol. The molecule has 0 N–H and O–H groups in total. The summed E-state index contributed by atoms with van der Waals surface area (Å²) in [7, 11) is 4.09. The summed E-state index contributed by atoms with van der Waals surface area (Å²) in [5.41, 5.74) is 3.39. The molecule has 0 bridgehead atoms. The summed E-state index contributed by atoms with van der Waals surface area (Å²) in [6.45, 7) is 13.4. The van der Waals surface area contributed by atoms with Gasteiger partial charge in [-0.2, -0.15) is 5.10 Å². The summed E-state index contributed by atoms with van der Waals surface area (Å²) < 4.78 is 1.79. The van der Waals surface area contributed by atoms with Crippen LogP contribution >= 0.6 is 0 Å². The van der Waals surface area contributed by atoms with Crippen LogP contribution in [0.15, 0.2) is 6.07 Å². The lowest BCUT2D eigenvalue weighted by Gasteiger charge is -2.35. The van der Waals surface area contributed by atoms with Gasteiger partial charge in [-0.25, -0.2) is 4.98 Å². The van der Waals surface area contributed by atoms with Gasteiger partial charge in [0.2, 0.25) is 0 Å². The number of rotatable bonds is 5. The van der Waals surface area contributed by atoms with E-state index < -0.39 is 0 Å². The van der Waals surface area contributed by atoms with Gasteiger partial charge < -0.3 is 9.80 Å². The number of fused-ring (bicyclic) bond motifs is 1. The monoisotopic (exact) mass is 385 g/mol. The van der Waals surface area contributed by atoms with Crippen LogP contribution in [0.3, 0.4) is 0 Å². The maximum Gasteiger partial charge on any atom is 0.254 e. The van der Waals surface area contributed by atoms with Crippen molar-refractivity contribution < 1.29 is 4.79 Å². The van der Waals surface area contributed by atoms with Crippen LogP contribution < -0.4 is 0 Å². The molecule has 0 spiro atoms. The molecule has 2 aromatic heterocycles. The normalized spacial score (nSPS) is 16.1. The Morgan fingerprint density at radius 3 is 2.46 bits per heavy atom. The minimum absolute atomic E-state index is 0.126. The third kappa shape index (κ3) is 4.07. The number of likely N-dealkylation sites (tertiary alicyclic amines) is 1. The molecule has 0 radical (unpaired) electrons. The van der Waals surface area contributed by atoms with Crippen molar-refractivity contribution in [3.8, 4) is 0 Å². The number of hydrogen-bond donors (Lipinski definition) is 0. The van der Waals surface area contributed by atoms with Gasteiger partial charge in [-0.1, -0.05) is 13.8 Å². The minimum atomic E-state index is 0.126. The molecule has 1 amide bonds. The zero-order valence-electron chi connectivity index (χ0n) is 18.5. The smallest absolute Gasteiger partial charge is 0.254 e. The first-order valence-corrected chi connectivity index (χ1v) is 10.5. The van der Waals surface area contributed by atoms with Crippen molar-refractivity contribution in [3.05, 3.63) is 23.0 Å². The number of carbonyl (C=O) groups excluding carboxylic acids is 1. The number of hydrogen-bond acceptors (Lipinski definition) is 4. The molecule has 3 heterocycles. The van der Waals surface area contributed by atoms with Crippen molar-refractivity contribution >= 4 is 16.9 Å². The predicted octanol–water partition coefficient (Wildman–Crippen LogP) is 3.59. The second kappa shape index (κ2) is 8.19. The van der Waals surface area contributed by atoms with Crippen LogP contribution in [-0.4, -0.2) is 63.2 Å². The largest absolute Gasteiger partial charge is 0.339 e.